The number of nitrogens with one attached hydrogen (secondary N) is 2. The smallest absolute Gasteiger partial charge is 0.197 e. The molecule has 0 amide bonds. The van der Waals surface area contributed by atoms with Gasteiger partial charge in [-0.2, -0.15) is 0 Å². The number of nitrogens with two attached hydrogens (primary N) is 1. The maximum Gasteiger partial charge on any atom is 0.197 e. The Labute approximate surface area is 92.3 Å². The second-order valence-corrected chi connectivity index (χ2v) is 3.86. The van der Waals surface area contributed by atoms with Gasteiger partial charge in [-0.3, -0.25) is 0 Å². The number of hydrogen-bond acceptors (Lipinski definition) is 5. The molecule has 16 heavy (non-hydrogen) atoms. The molecule has 0 aromatic carbocycles. The molecule has 6 nitrogen and oxygen atoms in total. The first kappa shape index (κ1) is 9.29. The van der Waals surface area contributed by atoms with Gasteiger partial charge >= 0.3 is 0 Å². The monoisotopic (exact) mass is 216 g/mol. The normalized spacial score (nSPS) is 15.1. The van der Waals surface area contributed by atoms with Crippen LogP contribution < -0.4 is 11.3 Å². The highest BCUT2D eigenvalue weighted by atomic mass is 15.3. The molecule has 6 heteroatoms. The standard InChI is InChI=1S/C10H12N6/c11-16-8-5-7(6-1-2-6)14-10(15-8)9-12-3-4-13-9/h3-6H,1-2,11H2,(H,12,13)(H,14,15,16). The molecule has 0 aliphatic heterocycles. The summed E-state index contributed by atoms with van der Waals surface area (Å²) in [6.45, 7) is 0. The fourth-order valence-corrected chi connectivity index (χ4v) is 1.62. The minimum Gasteiger partial charge on any atom is -0.342 e. The largest absolute Gasteiger partial charge is 0.342 e. The minimum atomic E-state index is 0.559. The zero-order chi connectivity index (χ0) is 11.0. The number of aromatic amines is 1. The number of imidazole rings is 1. The summed E-state index contributed by atoms with van der Waals surface area (Å²) < 4.78 is 0. The maximum absolute atomic E-state index is 5.39. The molecule has 3 rings (SSSR count). The summed E-state index contributed by atoms with van der Waals surface area (Å²) in [5, 5.41) is 0. The Bertz CT molecular complexity index is 488. The van der Waals surface area contributed by atoms with Crippen molar-refractivity contribution in [1.82, 2.24) is 19.9 Å². The lowest BCUT2D eigenvalue weighted by Gasteiger charge is -2.05. The average Bonchev–Trinajstić information content (AvgIpc) is 3.04. The Morgan fingerprint density at radius 1 is 1.38 bits per heavy atom. The van der Waals surface area contributed by atoms with E-state index in [0.717, 1.165) is 5.69 Å². The van der Waals surface area contributed by atoms with Gasteiger partial charge in [-0.1, -0.05) is 0 Å². The van der Waals surface area contributed by atoms with Gasteiger partial charge in [0.15, 0.2) is 11.6 Å². The molecule has 1 aliphatic rings. The van der Waals surface area contributed by atoms with Gasteiger partial charge in [-0.25, -0.2) is 20.8 Å². The Balaban J connectivity index is 2.06. The lowest BCUT2D eigenvalue weighted by atomic mass is 10.2. The third-order valence-corrected chi connectivity index (χ3v) is 2.60. The first-order chi connectivity index (χ1) is 7.86. The second kappa shape index (κ2) is 3.57. The highest BCUT2D eigenvalue weighted by molar-refractivity contribution is 5.49. The van der Waals surface area contributed by atoms with E-state index in [2.05, 4.69) is 25.4 Å². The van der Waals surface area contributed by atoms with Crippen molar-refractivity contribution in [3.05, 3.63) is 24.2 Å². The summed E-state index contributed by atoms with van der Waals surface area (Å²) in [7, 11) is 0. The van der Waals surface area contributed by atoms with Gasteiger partial charge in [-0.15, -0.1) is 0 Å². The van der Waals surface area contributed by atoms with Crippen LogP contribution in [0.25, 0.3) is 11.6 Å². The van der Waals surface area contributed by atoms with Crippen molar-refractivity contribution in [2.75, 3.05) is 5.43 Å². The Morgan fingerprint density at radius 2 is 2.25 bits per heavy atom. The van der Waals surface area contributed by atoms with Crippen molar-refractivity contribution in [3.63, 3.8) is 0 Å². The molecule has 2 heterocycles. The number of hydrazine groups is 1. The number of hydrogen-bond donors (Lipinski definition) is 3. The Morgan fingerprint density at radius 3 is 2.88 bits per heavy atom. The van der Waals surface area contributed by atoms with E-state index in [4.69, 9.17) is 5.84 Å². The number of anilines is 1. The fourth-order valence-electron chi connectivity index (χ4n) is 1.62. The summed E-state index contributed by atoms with van der Waals surface area (Å²) in [5.74, 6) is 7.83. The number of nitrogens with zero attached hydrogens (tertiary/aromatic N) is 3. The summed E-state index contributed by atoms with van der Waals surface area (Å²) in [4.78, 5) is 15.9. The zero-order valence-electron chi connectivity index (χ0n) is 8.64. The third-order valence-electron chi connectivity index (χ3n) is 2.60. The van der Waals surface area contributed by atoms with Gasteiger partial charge in [0.05, 0.1) is 0 Å². The average molecular weight is 216 g/mol. The van der Waals surface area contributed by atoms with E-state index in [1.54, 1.807) is 12.4 Å². The number of H-pyrrole nitrogens is 1. The van der Waals surface area contributed by atoms with Crippen LogP contribution in [0.5, 0.6) is 0 Å². The maximum atomic E-state index is 5.39. The van der Waals surface area contributed by atoms with E-state index in [0.29, 0.717) is 23.4 Å². The van der Waals surface area contributed by atoms with Gasteiger partial charge in [0.1, 0.15) is 5.82 Å². The van der Waals surface area contributed by atoms with Crippen molar-refractivity contribution in [2.24, 2.45) is 5.84 Å². The van der Waals surface area contributed by atoms with Crippen molar-refractivity contribution in [3.8, 4) is 11.6 Å². The number of nitrogen functional groups attached to an aromatic ring is 1. The van der Waals surface area contributed by atoms with Gasteiger partial charge in [-0.05, 0) is 12.8 Å². The van der Waals surface area contributed by atoms with Crippen molar-refractivity contribution >= 4 is 5.82 Å². The minimum absolute atomic E-state index is 0.559. The van der Waals surface area contributed by atoms with Crippen molar-refractivity contribution in [1.29, 1.82) is 0 Å². The molecule has 0 spiro atoms. The summed E-state index contributed by atoms with van der Waals surface area (Å²) in [6, 6.07) is 1.89. The molecule has 0 atom stereocenters. The van der Waals surface area contributed by atoms with E-state index in [9.17, 15) is 0 Å². The van der Waals surface area contributed by atoms with Crippen LogP contribution >= 0.6 is 0 Å². The molecule has 2 aromatic rings. The highest BCUT2D eigenvalue weighted by Gasteiger charge is 2.26. The molecule has 4 N–H and O–H groups in total. The van der Waals surface area contributed by atoms with Crippen LogP contribution in [-0.4, -0.2) is 19.9 Å². The molecule has 1 fully saturated rings. The summed E-state index contributed by atoms with van der Waals surface area (Å²) >= 11 is 0. The highest BCUT2D eigenvalue weighted by Crippen LogP contribution is 2.39. The molecular weight excluding hydrogens is 204 g/mol. The van der Waals surface area contributed by atoms with Gasteiger partial charge < -0.3 is 10.4 Å². The molecule has 0 radical (unpaired) electrons. The van der Waals surface area contributed by atoms with E-state index in [-0.39, 0.29) is 0 Å². The van der Waals surface area contributed by atoms with E-state index in [1.807, 2.05) is 6.07 Å². The predicted octanol–water partition coefficient (Wildman–Crippen LogP) is 1.03. The molecule has 2 aromatic heterocycles. The summed E-state index contributed by atoms with van der Waals surface area (Å²) in [6.07, 6.45) is 5.81. The topological polar surface area (TPSA) is 92.5 Å². The van der Waals surface area contributed by atoms with E-state index in [1.165, 1.54) is 12.8 Å². The molecule has 1 aliphatic carbocycles. The van der Waals surface area contributed by atoms with E-state index >= 15 is 0 Å². The van der Waals surface area contributed by atoms with Gasteiger partial charge in [0.25, 0.3) is 0 Å². The Kier molecular flexibility index (Phi) is 2.07. The first-order valence-electron chi connectivity index (χ1n) is 5.22. The van der Waals surface area contributed by atoms with Crippen LogP contribution in [0.4, 0.5) is 5.82 Å². The van der Waals surface area contributed by atoms with Crippen molar-refractivity contribution < 1.29 is 0 Å². The zero-order valence-corrected chi connectivity index (χ0v) is 8.64. The number of rotatable bonds is 3. The molecule has 1 saturated carbocycles. The predicted molar refractivity (Wildman–Crippen MR) is 59.4 cm³/mol. The summed E-state index contributed by atoms with van der Waals surface area (Å²) in [5.41, 5.74) is 3.60. The molecule has 0 saturated heterocycles. The first-order valence-corrected chi connectivity index (χ1v) is 5.22. The van der Waals surface area contributed by atoms with Crippen LogP contribution in [-0.2, 0) is 0 Å². The second-order valence-electron chi connectivity index (χ2n) is 3.86. The van der Waals surface area contributed by atoms with Crippen LogP contribution in [0.1, 0.15) is 24.5 Å². The van der Waals surface area contributed by atoms with E-state index < -0.39 is 0 Å². The lowest BCUT2D eigenvalue weighted by Crippen LogP contribution is -2.10. The fraction of sp³-hybridized carbons (Fsp3) is 0.300. The van der Waals surface area contributed by atoms with Crippen LogP contribution in [0.3, 0.4) is 0 Å². The Hall–Kier alpha value is -1.95. The lowest BCUT2D eigenvalue weighted by molar-refractivity contribution is 0.980. The van der Waals surface area contributed by atoms with Crippen molar-refractivity contribution in [2.45, 2.75) is 18.8 Å². The SMILES string of the molecule is NNc1cc(C2CC2)nc(-c2ncc[nH]2)n1. The molecule has 82 valence electrons. The quantitative estimate of drug-likeness (QED) is 0.526. The van der Waals surface area contributed by atoms with Gasteiger partial charge in [0, 0.05) is 30.1 Å². The van der Waals surface area contributed by atoms with Gasteiger partial charge in [0.2, 0.25) is 0 Å². The molecule has 0 unspecified atom stereocenters. The molecular formula is C10H12N6. The number of aromatic nitrogens is 4. The van der Waals surface area contributed by atoms with Crippen LogP contribution in [0.2, 0.25) is 0 Å². The van der Waals surface area contributed by atoms with Crippen LogP contribution in [0, 0.1) is 0 Å². The van der Waals surface area contributed by atoms with Crippen LogP contribution in [0.15, 0.2) is 18.5 Å². The molecule has 0 bridgehead atoms. The third kappa shape index (κ3) is 1.63.